The fraction of sp³-hybridized carbons (Fsp3) is 0.231. The maximum absolute atomic E-state index is 8.63. The van der Waals surface area contributed by atoms with Gasteiger partial charge in [-0.05, 0) is 18.1 Å². The first kappa shape index (κ1) is 9.67. The predicted octanol–water partition coefficient (Wildman–Crippen LogP) is 2.86. The van der Waals surface area contributed by atoms with Gasteiger partial charge < -0.3 is 0 Å². The van der Waals surface area contributed by atoms with E-state index < -0.39 is 0 Å². The van der Waals surface area contributed by atoms with Crippen LogP contribution >= 0.6 is 0 Å². The zero-order chi connectivity index (χ0) is 10.7. The molecule has 1 heterocycles. The molecule has 0 spiro atoms. The van der Waals surface area contributed by atoms with Gasteiger partial charge in [0.1, 0.15) is 0 Å². The van der Waals surface area contributed by atoms with E-state index in [1.165, 1.54) is 5.56 Å². The van der Waals surface area contributed by atoms with Crippen molar-refractivity contribution in [1.82, 2.24) is 4.98 Å². The van der Waals surface area contributed by atoms with E-state index in [2.05, 4.69) is 30.1 Å². The van der Waals surface area contributed by atoms with E-state index in [0.29, 0.717) is 6.42 Å². The smallest absolute Gasteiger partial charge is 0.0774 e. The van der Waals surface area contributed by atoms with Crippen LogP contribution in [0.4, 0.5) is 0 Å². The minimum absolute atomic E-state index is 0.383. The van der Waals surface area contributed by atoms with Gasteiger partial charge in [0.15, 0.2) is 0 Å². The van der Waals surface area contributed by atoms with Crippen molar-refractivity contribution in [2.24, 2.45) is 0 Å². The van der Waals surface area contributed by atoms with Crippen molar-refractivity contribution in [3.05, 3.63) is 41.6 Å². The molecule has 1 aromatic carbocycles. The van der Waals surface area contributed by atoms with Crippen LogP contribution in [0.25, 0.3) is 10.9 Å². The zero-order valence-electron chi connectivity index (χ0n) is 8.70. The van der Waals surface area contributed by atoms with Gasteiger partial charge in [-0.2, -0.15) is 5.26 Å². The molecule has 0 amide bonds. The molecule has 0 aliphatic heterocycles. The Labute approximate surface area is 89.2 Å². The third kappa shape index (κ3) is 1.82. The molecule has 2 aromatic rings. The lowest BCUT2D eigenvalue weighted by Crippen LogP contribution is -1.92. The van der Waals surface area contributed by atoms with Gasteiger partial charge in [0.05, 0.1) is 23.7 Å². The molecular formula is C13H12N2. The topological polar surface area (TPSA) is 36.7 Å². The van der Waals surface area contributed by atoms with E-state index in [-0.39, 0.29) is 0 Å². The molecule has 2 heteroatoms. The fourth-order valence-corrected chi connectivity index (χ4v) is 1.71. The lowest BCUT2D eigenvalue weighted by molar-refractivity contribution is 1.11. The summed E-state index contributed by atoms with van der Waals surface area (Å²) in [5.74, 6) is 0. The highest BCUT2D eigenvalue weighted by Gasteiger charge is 2.01. The van der Waals surface area contributed by atoms with Gasteiger partial charge in [-0.1, -0.05) is 31.2 Å². The molecule has 0 saturated carbocycles. The SMILES string of the molecule is CCc1cccc2ccc(CC#N)nc12. The van der Waals surface area contributed by atoms with Crippen LogP contribution in [0, 0.1) is 11.3 Å². The summed E-state index contributed by atoms with van der Waals surface area (Å²) in [5.41, 5.74) is 3.13. The standard InChI is InChI=1S/C13H12N2/c1-2-10-4-3-5-11-6-7-12(8-9-14)15-13(10)11/h3-7H,2,8H2,1H3. The summed E-state index contributed by atoms with van der Waals surface area (Å²) in [5, 5.41) is 9.78. The summed E-state index contributed by atoms with van der Waals surface area (Å²) in [6.45, 7) is 2.12. The molecule has 0 aliphatic carbocycles. The van der Waals surface area contributed by atoms with Crippen molar-refractivity contribution >= 4 is 10.9 Å². The van der Waals surface area contributed by atoms with Gasteiger partial charge in [0, 0.05) is 5.39 Å². The quantitative estimate of drug-likeness (QED) is 0.740. The summed E-state index contributed by atoms with van der Waals surface area (Å²) in [6, 6.07) is 12.3. The van der Waals surface area contributed by atoms with E-state index in [0.717, 1.165) is 23.0 Å². The number of rotatable bonds is 2. The Balaban J connectivity index is 2.63. The number of para-hydroxylation sites is 1. The van der Waals surface area contributed by atoms with Crippen LogP contribution in [0.5, 0.6) is 0 Å². The van der Waals surface area contributed by atoms with Crippen LogP contribution in [-0.2, 0) is 12.8 Å². The van der Waals surface area contributed by atoms with E-state index in [4.69, 9.17) is 5.26 Å². The summed E-state index contributed by atoms with van der Waals surface area (Å²) in [4.78, 5) is 4.51. The average molecular weight is 196 g/mol. The molecule has 74 valence electrons. The van der Waals surface area contributed by atoms with E-state index in [1.54, 1.807) is 0 Å². The molecule has 0 fully saturated rings. The first-order valence-electron chi connectivity index (χ1n) is 5.09. The number of hydrogen-bond acceptors (Lipinski definition) is 2. The van der Waals surface area contributed by atoms with Gasteiger partial charge in [-0.3, -0.25) is 4.98 Å². The molecule has 0 bridgehead atoms. The van der Waals surface area contributed by atoms with Crippen LogP contribution in [0.2, 0.25) is 0 Å². The number of benzene rings is 1. The van der Waals surface area contributed by atoms with Crippen LogP contribution in [-0.4, -0.2) is 4.98 Å². The highest BCUT2D eigenvalue weighted by molar-refractivity contribution is 5.81. The average Bonchev–Trinajstić information content (AvgIpc) is 2.28. The molecule has 15 heavy (non-hydrogen) atoms. The number of hydrogen-bond donors (Lipinski definition) is 0. The largest absolute Gasteiger partial charge is 0.251 e. The summed E-state index contributed by atoms with van der Waals surface area (Å²) >= 11 is 0. The third-order valence-electron chi connectivity index (χ3n) is 2.50. The minimum atomic E-state index is 0.383. The highest BCUT2D eigenvalue weighted by atomic mass is 14.7. The first-order valence-corrected chi connectivity index (χ1v) is 5.09. The Morgan fingerprint density at radius 2 is 2.13 bits per heavy atom. The number of nitrogens with zero attached hydrogens (tertiary/aromatic N) is 2. The number of pyridine rings is 1. The molecule has 0 unspecified atom stereocenters. The molecule has 0 saturated heterocycles. The van der Waals surface area contributed by atoms with Crippen LogP contribution in [0.3, 0.4) is 0 Å². The molecule has 2 rings (SSSR count). The predicted molar refractivity (Wildman–Crippen MR) is 60.4 cm³/mol. The van der Waals surface area contributed by atoms with Gasteiger partial charge in [-0.25, -0.2) is 0 Å². The normalized spacial score (nSPS) is 10.1. The number of aromatic nitrogens is 1. The summed E-state index contributed by atoms with van der Waals surface area (Å²) in [6.07, 6.45) is 1.36. The highest BCUT2D eigenvalue weighted by Crippen LogP contribution is 2.17. The van der Waals surface area contributed by atoms with E-state index in [9.17, 15) is 0 Å². The summed E-state index contributed by atoms with van der Waals surface area (Å²) < 4.78 is 0. The van der Waals surface area contributed by atoms with Crippen molar-refractivity contribution in [3.8, 4) is 6.07 Å². The maximum Gasteiger partial charge on any atom is 0.0774 e. The monoisotopic (exact) mass is 196 g/mol. The molecule has 0 radical (unpaired) electrons. The van der Waals surface area contributed by atoms with Crippen molar-refractivity contribution in [3.63, 3.8) is 0 Å². The molecule has 0 N–H and O–H groups in total. The van der Waals surface area contributed by atoms with E-state index >= 15 is 0 Å². The maximum atomic E-state index is 8.63. The second-order valence-corrected chi connectivity index (χ2v) is 3.48. The van der Waals surface area contributed by atoms with Crippen molar-refractivity contribution in [2.45, 2.75) is 19.8 Å². The lowest BCUT2D eigenvalue weighted by Gasteiger charge is -2.04. The Kier molecular flexibility index (Phi) is 2.64. The van der Waals surface area contributed by atoms with Crippen LogP contribution in [0.1, 0.15) is 18.2 Å². The van der Waals surface area contributed by atoms with Crippen molar-refractivity contribution in [1.29, 1.82) is 5.26 Å². The molecular weight excluding hydrogens is 184 g/mol. The Bertz CT molecular complexity index is 524. The second kappa shape index (κ2) is 4.10. The van der Waals surface area contributed by atoms with E-state index in [1.807, 2.05) is 18.2 Å². The number of nitriles is 1. The number of aryl methyl sites for hydroxylation is 1. The molecule has 0 atom stereocenters. The third-order valence-corrected chi connectivity index (χ3v) is 2.50. The first-order chi connectivity index (χ1) is 7.35. The Morgan fingerprint density at radius 1 is 1.27 bits per heavy atom. The lowest BCUT2D eigenvalue weighted by atomic mass is 10.1. The van der Waals surface area contributed by atoms with Crippen molar-refractivity contribution < 1.29 is 0 Å². The van der Waals surface area contributed by atoms with Crippen LogP contribution < -0.4 is 0 Å². The molecule has 0 aliphatic rings. The van der Waals surface area contributed by atoms with Crippen molar-refractivity contribution in [2.75, 3.05) is 0 Å². The second-order valence-electron chi connectivity index (χ2n) is 3.48. The van der Waals surface area contributed by atoms with Crippen LogP contribution in [0.15, 0.2) is 30.3 Å². The minimum Gasteiger partial charge on any atom is -0.251 e. The Morgan fingerprint density at radius 3 is 2.87 bits per heavy atom. The van der Waals surface area contributed by atoms with Gasteiger partial charge in [-0.15, -0.1) is 0 Å². The van der Waals surface area contributed by atoms with Gasteiger partial charge in [0.25, 0.3) is 0 Å². The molecule has 1 aromatic heterocycles. The Hall–Kier alpha value is -1.88. The van der Waals surface area contributed by atoms with Gasteiger partial charge in [0.2, 0.25) is 0 Å². The fourth-order valence-electron chi connectivity index (χ4n) is 1.71. The summed E-state index contributed by atoms with van der Waals surface area (Å²) in [7, 11) is 0. The molecule has 2 nitrogen and oxygen atoms in total. The van der Waals surface area contributed by atoms with Gasteiger partial charge >= 0.3 is 0 Å². The zero-order valence-corrected chi connectivity index (χ0v) is 8.70. The number of fused-ring (bicyclic) bond motifs is 1.